The number of carbonyl (C=O) groups excluding carboxylic acids is 2. The van der Waals surface area contributed by atoms with Crippen LogP contribution in [0, 0.1) is 0 Å². The van der Waals surface area contributed by atoms with Crippen molar-refractivity contribution in [1.29, 1.82) is 0 Å². The molecule has 31 heavy (non-hydrogen) atoms. The fourth-order valence-electron chi connectivity index (χ4n) is 3.42. The molecule has 0 spiro atoms. The molecule has 0 aliphatic carbocycles. The number of piperazine rings is 1. The highest BCUT2D eigenvalue weighted by atomic mass is 35.5. The van der Waals surface area contributed by atoms with Gasteiger partial charge in [0.2, 0.25) is 10.0 Å². The Kier molecular flexibility index (Phi) is 7.03. The number of amides is 1. The lowest BCUT2D eigenvalue weighted by Gasteiger charge is -2.34. The van der Waals surface area contributed by atoms with Gasteiger partial charge in [-0.2, -0.15) is 4.31 Å². The average Bonchev–Trinajstić information content (AvgIpc) is 2.77. The molecule has 166 valence electrons. The minimum atomic E-state index is -3.86. The number of hydrogen-bond donors (Lipinski definition) is 0. The third kappa shape index (κ3) is 4.92. The van der Waals surface area contributed by atoms with Gasteiger partial charge >= 0.3 is 5.97 Å². The molecule has 1 aliphatic heterocycles. The summed E-state index contributed by atoms with van der Waals surface area (Å²) in [5, 5.41) is -0.0494. The van der Waals surface area contributed by atoms with Crippen molar-refractivity contribution in [3.63, 3.8) is 0 Å². The Bertz CT molecular complexity index is 1080. The monoisotopic (exact) mass is 464 g/mol. The molecule has 7 nitrogen and oxygen atoms in total. The van der Waals surface area contributed by atoms with E-state index in [-0.39, 0.29) is 47.6 Å². The molecule has 0 atom stereocenters. The van der Waals surface area contributed by atoms with Crippen molar-refractivity contribution >= 4 is 33.5 Å². The Balaban J connectivity index is 1.69. The summed E-state index contributed by atoms with van der Waals surface area (Å²) < 4.78 is 32.0. The molecule has 2 aromatic carbocycles. The molecule has 1 heterocycles. The van der Waals surface area contributed by atoms with Crippen LogP contribution in [0.15, 0.2) is 47.4 Å². The van der Waals surface area contributed by atoms with E-state index in [1.165, 1.54) is 29.6 Å². The fraction of sp³-hybridized carbons (Fsp3) is 0.364. The largest absolute Gasteiger partial charge is 0.465 e. The van der Waals surface area contributed by atoms with Crippen molar-refractivity contribution in [1.82, 2.24) is 9.21 Å². The SMILES string of the molecule is COC(=O)c1ccc(S(=O)(=O)N2CCN(C(=O)c3ccc(C(C)C)cc3)CC2)c(Cl)c1. The fourth-order valence-corrected chi connectivity index (χ4v) is 5.36. The molecule has 0 radical (unpaired) electrons. The molecule has 2 aromatic rings. The minimum Gasteiger partial charge on any atom is -0.465 e. The molecule has 1 fully saturated rings. The van der Waals surface area contributed by atoms with Gasteiger partial charge in [-0.05, 0) is 41.8 Å². The molecule has 9 heteroatoms. The highest BCUT2D eigenvalue weighted by Crippen LogP contribution is 2.27. The summed E-state index contributed by atoms with van der Waals surface area (Å²) in [7, 11) is -2.62. The third-order valence-corrected chi connectivity index (χ3v) is 7.70. The number of carbonyl (C=O) groups is 2. The first kappa shape index (κ1) is 23.2. The summed E-state index contributed by atoms with van der Waals surface area (Å²) in [5.74, 6) is -0.335. The highest BCUT2D eigenvalue weighted by Gasteiger charge is 2.32. The lowest BCUT2D eigenvalue weighted by atomic mass is 10.0. The second kappa shape index (κ2) is 9.38. The summed E-state index contributed by atoms with van der Waals surface area (Å²) >= 11 is 6.15. The van der Waals surface area contributed by atoms with Crippen molar-refractivity contribution in [3.8, 4) is 0 Å². The highest BCUT2D eigenvalue weighted by molar-refractivity contribution is 7.89. The van der Waals surface area contributed by atoms with E-state index in [1.807, 2.05) is 24.3 Å². The van der Waals surface area contributed by atoms with E-state index in [9.17, 15) is 18.0 Å². The number of nitrogens with zero attached hydrogens (tertiary/aromatic N) is 2. The summed E-state index contributed by atoms with van der Waals surface area (Å²) in [6.45, 7) is 5.06. The number of rotatable bonds is 5. The molecule has 0 bridgehead atoms. The molecule has 1 aliphatic rings. The van der Waals surface area contributed by atoms with E-state index in [2.05, 4.69) is 18.6 Å². The Labute approximate surface area is 187 Å². The van der Waals surface area contributed by atoms with Gasteiger partial charge < -0.3 is 9.64 Å². The van der Waals surface area contributed by atoms with E-state index in [0.29, 0.717) is 11.5 Å². The zero-order valence-corrected chi connectivity index (χ0v) is 19.2. The molecule has 0 saturated carbocycles. The normalized spacial score (nSPS) is 15.2. The topological polar surface area (TPSA) is 84.0 Å². The molecule has 3 rings (SSSR count). The number of sulfonamides is 1. The van der Waals surface area contributed by atoms with E-state index in [4.69, 9.17) is 11.6 Å². The van der Waals surface area contributed by atoms with Crippen molar-refractivity contribution in [2.45, 2.75) is 24.7 Å². The standard InChI is InChI=1S/C22H25ClN2O5S/c1-15(2)16-4-6-17(7-5-16)21(26)24-10-12-25(13-11-24)31(28,29)20-9-8-18(14-19(20)23)22(27)30-3/h4-9,14-15H,10-13H2,1-3H3. The molecule has 0 unspecified atom stereocenters. The van der Waals surface area contributed by atoms with Gasteiger partial charge in [0.1, 0.15) is 4.90 Å². The maximum absolute atomic E-state index is 13.0. The van der Waals surface area contributed by atoms with Crippen molar-refractivity contribution in [2.75, 3.05) is 33.3 Å². The van der Waals surface area contributed by atoms with E-state index in [0.717, 1.165) is 5.56 Å². The number of ether oxygens (including phenoxy) is 1. The summed E-state index contributed by atoms with van der Waals surface area (Å²) in [6.07, 6.45) is 0. The summed E-state index contributed by atoms with van der Waals surface area (Å²) in [6, 6.07) is 11.5. The van der Waals surface area contributed by atoms with Crippen LogP contribution in [0.3, 0.4) is 0 Å². The predicted molar refractivity (Wildman–Crippen MR) is 118 cm³/mol. The van der Waals surface area contributed by atoms with Crippen LogP contribution in [-0.2, 0) is 14.8 Å². The molecule has 0 aromatic heterocycles. The van der Waals surface area contributed by atoms with Crippen LogP contribution in [-0.4, -0.2) is 62.8 Å². The molecular weight excluding hydrogens is 440 g/mol. The third-order valence-electron chi connectivity index (χ3n) is 5.32. The van der Waals surface area contributed by atoms with Crippen molar-refractivity contribution in [2.24, 2.45) is 0 Å². The Morgan fingerprint density at radius 2 is 1.55 bits per heavy atom. The van der Waals surface area contributed by atoms with Gasteiger partial charge in [0.15, 0.2) is 0 Å². The lowest BCUT2D eigenvalue weighted by Crippen LogP contribution is -2.50. The molecular formula is C22H25ClN2O5S. The van der Waals surface area contributed by atoms with Crippen LogP contribution in [0.2, 0.25) is 5.02 Å². The first-order valence-electron chi connectivity index (χ1n) is 9.92. The Hall–Kier alpha value is -2.42. The van der Waals surface area contributed by atoms with Gasteiger partial charge in [0.05, 0.1) is 17.7 Å². The van der Waals surface area contributed by atoms with Gasteiger partial charge in [0, 0.05) is 31.7 Å². The van der Waals surface area contributed by atoms with Gasteiger partial charge in [0.25, 0.3) is 5.91 Å². The minimum absolute atomic E-state index is 0.0494. The number of halogens is 1. The number of methoxy groups -OCH3 is 1. The van der Waals surface area contributed by atoms with Crippen LogP contribution in [0.4, 0.5) is 0 Å². The van der Waals surface area contributed by atoms with Crippen molar-refractivity contribution in [3.05, 3.63) is 64.2 Å². The maximum Gasteiger partial charge on any atom is 0.337 e. The lowest BCUT2D eigenvalue weighted by molar-refractivity contribution is 0.0600. The zero-order chi connectivity index (χ0) is 22.8. The molecule has 0 N–H and O–H groups in total. The van der Waals surface area contributed by atoms with Gasteiger partial charge in [-0.1, -0.05) is 37.6 Å². The van der Waals surface area contributed by atoms with Crippen LogP contribution >= 0.6 is 11.6 Å². The smallest absolute Gasteiger partial charge is 0.337 e. The number of hydrogen-bond acceptors (Lipinski definition) is 5. The zero-order valence-electron chi connectivity index (χ0n) is 17.7. The summed E-state index contributed by atoms with van der Waals surface area (Å²) in [5.41, 5.74) is 1.91. The first-order chi connectivity index (χ1) is 14.6. The second-order valence-electron chi connectivity index (χ2n) is 7.61. The number of benzene rings is 2. The van der Waals surface area contributed by atoms with E-state index in [1.54, 1.807) is 4.90 Å². The molecule has 1 amide bonds. The predicted octanol–water partition coefficient (Wildman–Crippen LogP) is 3.40. The van der Waals surface area contributed by atoms with Crippen LogP contribution in [0.1, 0.15) is 46.0 Å². The van der Waals surface area contributed by atoms with Gasteiger partial charge in [-0.3, -0.25) is 4.79 Å². The molecule has 1 saturated heterocycles. The van der Waals surface area contributed by atoms with Crippen LogP contribution in [0.5, 0.6) is 0 Å². The maximum atomic E-state index is 13.0. The van der Waals surface area contributed by atoms with Crippen LogP contribution in [0.25, 0.3) is 0 Å². The summed E-state index contributed by atoms with van der Waals surface area (Å²) in [4.78, 5) is 26.0. The van der Waals surface area contributed by atoms with Crippen molar-refractivity contribution < 1.29 is 22.7 Å². The first-order valence-corrected chi connectivity index (χ1v) is 11.7. The van der Waals surface area contributed by atoms with Crippen LogP contribution < -0.4 is 0 Å². The Morgan fingerprint density at radius 1 is 0.968 bits per heavy atom. The van der Waals surface area contributed by atoms with Gasteiger partial charge in [-0.25, -0.2) is 13.2 Å². The number of esters is 1. The van der Waals surface area contributed by atoms with E-state index >= 15 is 0 Å². The second-order valence-corrected chi connectivity index (χ2v) is 9.92. The van der Waals surface area contributed by atoms with Gasteiger partial charge in [-0.15, -0.1) is 0 Å². The van der Waals surface area contributed by atoms with E-state index < -0.39 is 16.0 Å². The quantitative estimate of drug-likeness (QED) is 0.633. The average molecular weight is 465 g/mol. The Morgan fingerprint density at radius 3 is 2.06 bits per heavy atom.